The summed E-state index contributed by atoms with van der Waals surface area (Å²) in [4.78, 5) is 0. The van der Waals surface area contributed by atoms with E-state index in [4.69, 9.17) is 0 Å². The maximum atomic E-state index is 3.11. The van der Waals surface area contributed by atoms with Crippen LogP contribution in [-0.2, 0) is 0 Å². The molecule has 1 heteroatoms. The maximum absolute atomic E-state index is 3.11. The first kappa shape index (κ1) is 9.85. The zero-order chi connectivity index (χ0) is 9.68. The molecule has 0 heterocycles. The summed E-state index contributed by atoms with van der Waals surface area (Å²) in [6.45, 7) is 4.27. The fourth-order valence-electron chi connectivity index (χ4n) is 1.43. The van der Waals surface area contributed by atoms with Gasteiger partial charge in [-0.25, -0.2) is 0 Å². The molecule has 0 fully saturated rings. The summed E-state index contributed by atoms with van der Waals surface area (Å²) in [5.74, 6) is 0. The van der Waals surface area contributed by atoms with Crippen molar-refractivity contribution in [2.24, 2.45) is 0 Å². The average Bonchev–Trinajstić information content (AvgIpc) is 2.21. The summed E-state index contributed by atoms with van der Waals surface area (Å²) >= 11 is 0. The zero-order valence-corrected chi connectivity index (χ0v) is 8.59. The van der Waals surface area contributed by atoms with Crippen molar-refractivity contribution in [3.05, 3.63) is 35.9 Å². The number of anilines is 1. The van der Waals surface area contributed by atoms with Crippen molar-refractivity contribution < 1.29 is 0 Å². The number of hydrogen-bond donors (Lipinski definition) is 1. The highest BCUT2D eigenvalue weighted by molar-refractivity contribution is 5.66. The molecular formula is C12H17N. The van der Waals surface area contributed by atoms with Gasteiger partial charge in [0.1, 0.15) is 0 Å². The van der Waals surface area contributed by atoms with Gasteiger partial charge < -0.3 is 5.32 Å². The van der Waals surface area contributed by atoms with Crippen molar-refractivity contribution in [3.8, 4) is 0 Å². The van der Waals surface area contributed by atoms with Gasteiger partial charge in [0.2, 0.25) is 0 Å². The Morgan fingerprint density at radius 1 is 1.31 bits per heavy atom. The molecule has 0 atom stereocenters. The lowest BCUT2D eigenvalue weighted by Gasteiger charge is -2.05. The molecule has 0 saturated heterocycles. The Hall–Kier alpha value is -1.24. The van der Waals surface area contributed by atoms with Gasteiger partial charge in [0, 0.05) is 12.7 Å². The van der Waals surface area contributed by atoms with Gasteiger partial charge in [0.25, 0.3) is 0 Å². The Balaban J connectivity index is 2.91. The summed E-state index contributed by atoms with van der Waals surface area (Å²) in [5.41, 5.74) is 3.89. The smallest absolute Gasteiger partial charge is 0.0337 e. The van der Waals surface area contributed by atoms with Crippen molar-refractivity contribution in [2.45, 2.75) is 20.3 Å². The van der Waals surface area contributed by atoms with Crippen molar-refractivity contribution in [1.82, 2.24) is 0 Å². The third kappa shape index (κ3) is 2.35. The molecular weight excluding hydrogens is 158 g/mol. The molecule has 1 N–H and O–H groups in total. The third-order valence-corrected chi connectivity index (χ3v) is 2.27. The first-order valence-corrected chi connectivity index (χ1v) is 4.75. The number of allylic oxidation sites excluding steroid dienone is 2. The summed E-state index contributed by atoms with van der Waals surface area (Å²) in [5, 5.41) is 3.11. The van der Waals surface area contributed by atoms with Crippen LogP contribution in [0.5, 0.6) is 0 Å². The van der Waals surface area contributed by atoms with E-state index in [0.717, 1.165) is 12.1 Å². The second kappa shape index (κ2) is 4.70. The third-order valence-electron chi connectivity index (χ3n) is 2.27. The van der Waals surface area contributed by atoms with E-state index in [1.165, 1.54) is 11.1 Å². The molecule has 1 rings (SSSR count). The minimum Gasteiger partial charge on any atom is -0.388 e. The Bertz CT molecular complexity index is 282. The van der Waals surface area contributed by atoms with Gasteiger partial charge in [-0.05, 0) is 36.6 Å². The molecule has 0 spiro atoms. The van der Waals surface area contributed by atoms with E-state index in [2.05, 4.69) is 49.5 Å². The van der Waals surface area contributed by atoms with Crippen molar-refractivity contribution in [1.29, 1.82) is 0 Å². The van der Waals surface area contributed by atoms with Crippen molar-refractivity contribution in [2.75, 3.05) is 12.4 Å². The highest BCUT2D eigenvalue weighted by Gasteiger charge is 1.96. The van der Waals surface area contributed by atoms with Crippen LogP contribution in [0, 0.1) is 0 Å². The van der Waals surface area contributed by atoms with E-state index in [1.54, 1.807) is 0 Å². The Morgan fingerprint density at radius 2 is 1.92 bits per heavy atom. The molecule has 0 aromatic heterocycles. The quantitative estimate of drug-likeness (QED) is 0.741. The molecule has 1 nitrogen and oxygen atoms in total. The van der Waals surface area contributed by atoms with Gasteiger partial charge in [-0.15, -0.1) is 0 Å². The summed E-state index contributed by atoms with van der Waals surface area (Å²) < 4.78 is 0. The fraction of sp³-hybridized carbons (Fsp3) is 0.333. The molecule has 0 aliphatic heterocycles. The normalized spacial score (nSPS) is 11.5. The summed E-state index contributed by atoms with van der Waals surface area (Å²) in [6.07, 6.45) is 3.27. The molecule has 0 aliphatic rings. The Kier molecular flexibility index (Phi) is 3.56. The molecule has 70 valence electrons. The fourth-order valence-corrected chi connectivity index (χ4v) is 1.43. The van der Waals surface area contributed by atoms with E-state index in [9.17, 15) is 0 Å². The van der Waals surface area contributed by atoms with Crippen LogP contribution in [0.15, 0.2) is 30.3 Å². The molecule has 0 aliphatic carbocycles. The van der Waals surface area contributed by atoms with E-state index in [1.807, 2.05) is 7.05 Å². The summed E-state index contributed by atoms with van der Waals surface area (Å²) in [7, 11) is 1.94. The van der Waals surface area contributed by atoms with E-state index in [0.29, 0.717) is 0 Å². The van der Waals surface area contributed by atoms with Gasteiger partial charge in [0.05, 0.1) is 0 Å². The highest BCUT2D eigenvalue weighted by atomic mass is 14.8. The summed E-state index contributed by atoms with van der Waals surface area (Å²) in [6, 6.07) is 8.53. The van der Waals surface area contributed by atoms with Gasteiger partial charge >= 0.3 is 0 Å². The minimum atomic E-state index is 1.09. The van der Waals surface area contributed by atoms with Crippen LogP contribution in [0.2, 0.25) is 0 Å². The first-order valence-electron chi connectivity index (χ1n) is 4.75. The largest absolute Gasteiger partial charge is 0.388 e. The minimum absolute atomic E-state index is 1.09. The van der Waals surface area contributed by atoms with Crippen LogP contribution in [0.25, 0.3) is 5.57 Å². The predicted octanol–water partition coefficient (Wildman–Crippen LogP) is 3.54. The van der Waals surface area contributed by atoms with Crippen LogP contribution in [-0.4, -0.2) is 7.05 Å². The number of hydrogen-bond acceptors (Lipinski definition) is 1. The Morgan fingerprint density at radius 3 is 2.31 bits per heavy atom. The molecule has 1 aromatic carbocycles. The van der Waals surface area contributed by atoms with E-state index >= 15 is 0 Å². The van der Waals surface area contributed by atoms with Gasteiger partial charge in [-0.3, -0.25) is 0 Å². The maximum Gasteiger partial charge on any atom is 0.0337 e. The second-order valence-corrected chi connectivity index (χ2v) is 2.99. The number of rotatable bonds is 3. The number of nitrogens with one attached hydrogen (secondary N) is 1. The van der Waals surface area contributed by atoms with Gasteiger partial charge in [-0.1, -0.05) is 25.1 Å². The molecule has 1 aromatic rings. The average molecular weight is 175 g/mol. The van der Waals surface area contributed by atoms with Crippen LogP contribution < -0.4 is 5.32 Å². The lowest BCUT2D eigenvalue weighted by molar-refractivity contribution is 1.23. The molecule has 0 radical (unpaired) electrons. The van der Waals surface area contributed by atoms with Gasteiger partial charge in [0.15, 0.2) is 0 Å². The molecule has 0 amide bonds. The van der Waals surface area contributed by atoms with Gasteiger partial charge in [-0.2, -0.15) is 0 Å². The topological polar surface area (TPSA) is 12.0 Å². The van der Waals surface area contributed by atoms with Crippen LogP contribution >= 0.6 is 0 Å². The number of benzene rings is 1. The molecule has 0 bridgehead atoms. The standard InChI is InChI=1S/C12H17N/c1-4-10(5-2)11-6-8-12(13-3)9-7-11/h4,6-9,13H,5H2,1-3H3/b10-4+. The zero-order valence-electron chi connectivity index (χ0n) is 8.59. The first-order chi connectivity index (χ1) is 6.31. The monoisotopic (exact) mass is 175 g/mol. The highest BCUT2D eigenvalue weighted by Crippen LogP contribution is 2.19. The van der Waals surface area contributed by atoms with Crippen molar-refractivity contribution in [3.63, 3.8) is 0 Å². The lowest BCUT2D eigenvalue weighted by Crippen LogP contribution is -1.88. The molecule has 0 saturated carbocycles. The Labute approximate surface area is 80.5 Å². The van der Waals surface area contributed by atoms with Crippen LogP contribution in [0.4, 0.5) is 5.69 Å². The predicted molar refractivity (Wildman–Crippen MR) is 59.9 cm³/mol. The van der Waals surface area contributed by atoms with Crippen LogP contribution in [0.3, 0.4) is 0 Å². The molecule has 13 heavy (non-hydrogen) atoms. The lowest BCUT2D eigenvalue weighted by atomic mass is 10.0. The SMILES string of the molecule is C/C=C(\CC)c1ccc(NC)cc1. The molecule has 0 unspecified atom stereocenters. The van der Waals surface area contributed by atoms with Crippen molar-refractivity contribution >= 4 is 11.3 Å². The van der Waals surface area contributed by atoms with E-state index in [-0.39, 0.29) is 0 Å². The second-order valence-electron chi connectivity index (χ2n) is 2.99. The van der Waals surface area contributed by atoms with Crippen LogP contribution in [0.1, 0.15) is 25.8 Å². The van der Waals surface area contributed by atoms with E-state index < -0.39 is 0 Å².